The molecular weight excluding hydrogens is 406 g/mol. The molecule has 0 aliphatic heterocycles. The van der Waals surface area contributed by atoms with Crippen LogP contribution in [0.4, 0.5) is 5.69 Å². The van der Waals surface area contributed by atoms with Gasteiger partial charge in [-0.15, -0.1) is 11.3 Å². The predicted molar refractivity (Wildman–Crippen MR) is 119 cm³/mol. The molecular formula is C22H18ClN3O2S. The minimum Gasteiger partial charge on any atom is -0.497 e. The van der Waals surface area contributed by atoms with E-state index >= 15 is 0 Å². The number of nitrogens with two attached hydrogens (primary N) is 1. The topological polar surface area (TPSA) is 77.2 Å². The van der Waals surface area contributed by atoms with Gasteiger partial charge in [0.2, 0.25) is 0 Å². The molecule has 29 heavy (non-hydrogen) atoms. The highest BCUT2D eigenvalue weighted by Gasteiger charge is 2.18. The highest BCUT2D eigenvalue weighted by Crippen LogP contribution is 2.34. The van der Waals surface area contributed by atoms with E-state index in [2.05, 4.69) is 5.32 Å². The number of fused-ring (bicyclic) bond motifs is 1. The number of aromatic nitrogens is 1. The number of rotatable bonds is 5. The molecule has 4 rings (SSSR count). The van der Waals surface area contributed by atoms with E-state index in [4.69, 9.17) is 27.1 Å². The molecule has 0 fully saturated rings. The van der Waals surface area contributed by atoms with Crippen LogP contribution >= 0.6 is 22.9 Å². The summed E-state index contributed by atoms with van der Waals surface area (Å²) in [5.41, 5.74) is 9.29. The van der Waals surface area contributed by atoms with E-state index in [9.17, 15) is 4.79 Å². The van der Waals surface area contributed by atoms with E-state index in [0.717, 1.165) is 32.8 Å². The highest BCUT2D eigenvalue weighted by molar-refractivity contribution is 7.21. The third-order valence-electron chi connectivity index (χ3n) is 4.58. The molecule has 0 saturated heterocycles. The quantitative estimate of drug-likeness (QED) is 0.466. The molecule has 3 N–H and O–H groups in total. The Morgan fingerprint density at radius 1 is 1.14 bits per heavy atom. The minimum absolute atomic E-state index is 0.239. The number of nitrogen functional groups attached to an aromatic ring is 1. The van der Waals surface area contributed by atoms with Gasteiger partial charge in [-0.25, -0.2) is 4.98 Å². The first-order chi connectivity index (χ1) is 14.1. The fraction of sp³-hybridized carbons (Fsp3) is 0.0909. The molecule has 7 heteroatoms. The summed E-state index contributed by atoms with van der Waals surface area (Å²) in [6.45, 7) is 0.330. The maximum absolute atomic E-state index is 12.7. The van der Waals surface area contributed by atoms with Crippen LogP contribution in [-0.4, -0.2) is 18.0 Å². The van der Waals surface area contributed by atoms with Crippen LogP contribution in [0.25, 0.3) is 21.5 Å². The SMILES string of the molecule is COc1ccc(-c2ccc3c(N)c(C(=O)NCc4ccccc4Cl)sc3n2)cc1. The lowest BCUT2D eigenvalue weighted by Gasteiger charge is -2.06. The van der Waals surface area contributed by atoms with Crippen LogP contribution < -0.4 is 15.8 Å². The fourth-order valence-electron chi connectivity index (χ4n) is 2.99. The minimum atomic E-state index is -0.239. The van der Waals surface area contributed by atoms with Crippen molar-refractivity contribution in [1.29, 1.82) is 0 Å². The Labute approximate surface area is 177 Å². The van der Waals surface area contributed by atoms with Gasteiger partial charge in [0.15, 0.2) is 0 Å². The Morgan fingerprint density at radius 3 is 2.62 bits per heavy atom. The molecule has 2 heterocycles. The molecule has 0 unspecified atom stereocenters. The predicted octanol–water partition coefficient (Wildman–Crippen LogP) is 5.14. The Balaban J connectivity index is 1.59. The number of methoxy groups -OCH3 is 1. The molecule has 0 spiro atoms. The summed E-state index contributed by atoms with van der Waals surface area (Å²) in [5, 5.41) is 4.27. The molecule has 4 aromatic rings. The lowest BCUT2D eigenvalue weighted by atomic mass is 10.1. The van der Waals surface area contributed by atoms with Gasteiger partial charge in [-0.3, -0.25) is 4.79 Å². The molecule has 0 saturated carbocycles. The van der Waals surface area contributed by atoms with Gasteiger partial charge in [-0.2, -0.15) is 0 Å². The number of nitrogens with one attached hydrogen (secondary N) is 1. The lowest BCUT2D eigenvalue weighted by Crippen LogP contribution is -2.22. The molecule has 2 aromatic carbocycles. The first-order valence-electron chi connectivity index (χ1n) is 8.92. The third kappa shape index (κ3) is 3.90. The average molecular weight is 424 g/mol. The molecule has 0 radical (unpaired) electrons. The van der Waals surface area contributed by atoms with Crippen LogP contribution in [-0.2, 0) is 6.54 Å². The second-order valence-corrected chi connectivity index (χ2v) is 7.80. The number of benzene rings is 2. The van der Waals surface area contributed by atoms with Crippen LogP contribution in [0.15, 0.2) is 60.7 Å². The van der Waals surface area contributed by atoms with E-state index in [0.29, 0.717) is 22.1 Å². The van der Waals surface area contributed by atoms with E-state index in [1.807, 2.05) is 54.6 Å². The van der Waals surface area contributed by atoms with Crippen LogP contribution in [0.5, 0.6) is 5.75 Å². The number of hydrogen-bond donors (Lipinski definition) is 2. The van der Waals surface area contributed by atoms with Crippen LogP contribution in [0.1, 0.15) is 15.2 Å². The Hall–Kier alpha value is -3.09. The maximum Gasteiger partial charge on any atom is 0.263 e. The number of anilines is 1. The number of amides is 1. The van der Waals surface area contributed by atoms with Crippen LogP contribution in [0.3, 0.4) is 0 Å². The van der Waals surface area contributed by atoms with Crippen molar-refractivity contribution in [3.05, 3.63) is 76.1 Å². The highest BCUT2D eigenvalue weighted by atomic mass is 35.5. The van der Waals surface area contributed by atoms with E-state index in [-0.39, 0.29) is 5.91 Å². The normalized spacial score (nSPS) is 10.8. The second-order valence-electron chi connectivity index (χ2n) is 6.40. The van der Waals surface area contributed by atoms with E-state index in [1.54, 1.807) is 13.2 Å². The van der Waals surface area contributed by atoms with Crippen LogP contribution in [0.2, 0.25) is 5.02 Å². The molecule has 0 atom stereocenters. The Kier molecular flexibility index (Phi) is 5.38. The van der Waals surface area contributed by atoms with Gasteiger partial charge in [0.25, 0.3) is 5.91 Å². The first-order valence-corrected chi connectivity index (χ1v) is 10.1. The summed E-state index contributed by atoms with van der Waals surface area (Å²) >= 11 is 7.43. The molecule has 0 bridgehead atoms. The van der Waals surface area contributed by atoms with Gasteiger partial charge < -0.3 is 15.8 Å². The van der Waals surface area contributed by atoms with Crippen LogP contribution in [0, 0.1) is 0 Å². The monoisotopic (exact) mass is 423 g/mol. The standard InChI is InChI=1S/C22H18ClN3O2S/c1-28-15-8-6-13(7-9-15)18-11-10-16-19(24)20(29-22(16)26-18)21(27)25-12-14-4-2-3-5-17(14)23/h2-11H,12,24H2,1H3,(H,25,27). The number of halogens is 1. The van der Waals surface area contributed by atoms with Crippen molar-refractivity contribution < 1.29 is 9.53 Å². The third-order valence-corrected chi connectivity index (χ3v) is 6.07. The summed E-state index contributed by atoms with van der Waals surface area (Å²) in [5.74, 6) is 0.545. The molecule has 5 nitrogen and oxygen atoms in total. The van der Waals surface area contributed by atoms with Crippen molar-refractivity contribution in [3.8, 4) is 17.0 Å². The molecule has 146 valence electrons. The van der Waals surface area contributed by atoms with Crippen molar-refractivity contribution in [2.45, 2.75) is 6.54 Å². The lowest BCUT2D eigenvalue weighted by molar-refractivity contribution is 0.0956. The smallest absolute Gasteiger partial charge is 0.263 e. The summed E-state index contributed by atoms with van der Waals surface area (Å²) in [6.07, 6.45) is 0. The van der Waals surface area contributed by atoms with Crippen molar-refractivity contribution in [3.63, 3.8) is 0 Å². The number of hydrogen-bond acceptors (Lipinski definition) is 5. The zero-order chi connectivity index (χ0) is 20.4. The van der Waals surface area contributed by atoms with E-state index in [1.165, 1.54) is 11.3 Å². The molecule has 2 aromatic heterocycles. The number of nitrogens with zero attached hydrogens (tertiary/aromatic N) is 1. The van der Waals surface area contributed by atoms with Crippen molar-refractivity contribution in [1.82, 2.24) is 10.3 Å². The number of carbonyl (C=O) groups excluding carboxylic acids is 1. The zero-order valence-corrected chi connectivity index (χ0v) is 17.2. The summed E-state index contributed by atoms with van der Waals surface area (Å²) < 4.78 is 5.20. The number of ether oxygens (including phenoxy) is 1. The summed E-state index contributed by atoms with van der Waals surface area (Å²) in [7, 11) is 1.63. The largest absolute Gasteiger partial charge is 0.497 e. The Morgan fingerprint density at radius 2 is 1.90 bits per heavy atom. The Bertz CT molecular complexity index is 1190. The average Bonchev–Trinajstić information content (AvgIpc) is 3.09. The molecule has 0 aliphatic carbocycles. The zero-order valence-electron chi connectivity index (χ0n) is 15.6. The second kappa shape index (κ2) is 8.11. The van der Waals surface area contributed by atoms with Gasteiger partial charge in [0.05, 0.1) is 18.5 Å². The summed E-state index contributed by atoms with van der Waals surface area (Å²) in [4.78, 5) is 18.5. The van der Waals surface area contributed by atoms with Gasteiger partial charge in [0, 0.05) is 22.5 Å². The number of thiophene rings is 1. The number of pyridine rings is 1. The van der Waals surface area contributed by atoms with Gasteiger partial charge in [-0.05, 0) is 48.0 Å². The van der Waals surface area contributed by atoms with Gasteiger partial charge in [0.1, 0.15) is 15.5 Å². The van der Waals surface area contributed by atoms with Crippen molar-refractivity contribution in [2.75, 3.05) is 12.8 Å². The van der Waals surface area contributed by atoms with Crippen molar-refractivity contribution in [2.24, 2.45) is 0 Å². The summed E-state index contributed by atoms with van der Waals surface area (Å²) in [6, 6.07) is 18.9. The molecule has 0 aliphatic rings. The fourth-order valence-corrected chi connectivity index (χ4v) is 4.20. The van der Waals surface area contributed by atoms with Gasteiger partial charge in [-0.1, -0.05) is 29.8 Å². The maximum atomic E-state index is 12.7. The number of carbonyl (C=O) groups is 1. The van der Waals surface area contributed by atoms with Crippen molar-refractivity contribution >= 4 is 44.7 Å². The van der Waals surface area contributed by atoms with E-state index < -0.39 is 0 Å². The molecule has 1 amide bonds. The van der Waals surface area contributed by atoms with Gasteiger partial charge >= 0.3 is 0 Å². The first kappa shape index (κ1) is 19.2.